The number of nitrogens with one attached hydrogen (secondary N) is 1. The third-order valence-corrected chi connectivity index (χ3v) is 5.13. The molecule has 22 heavy (non-hydrogen) atoms. The molecule has 1 spiro atoms. The number of nitrogens with two attached hydrogens (primary N) is 1. The molecule has 4 heteroatoms. The predicted molar refractivity (Wildman–Crippen MR) is 88.2 cm³/mol. The van der Waals surface area contributed by atoms with Crippen molar-refractivity contribution in [2.75, 3.05) is 11.9 Å². The molecule has 0 radical (unpaired) electrons. The van der Waals surface area contributed by atoms with Crippen molar-refractivity contribution >= 4 is 11.6 Å². The minimum absolute atomic E-state index is 0.0428. The number of carbonyl (C=O) groups excluding carboxylic acids is 1. The van der Waals surface area contributed by atoms with Crippen LogP contribution >= 0.6 is 0 Å². The second kappa shape index (κ2) is 5.92. The van der Waals surface area contributed by atoms with Crippen LogP contribution in [0.5, 0.6) is 5.75 Å². The van der Waals surface area contributed by atoms with E-state index in [0.717, 1.165) is 37.1 Å². The molecule has 2 aliphatic rings. The Morgan fingerprint density at radius 3 is 2.73 bits per heavy atom. The summed E-state index contributed by atoms with van der Waals surface area (Å²) in [5.41, 5.74) is 9.96. The molecule has 0 heterocycles. The number of hydrogen-bond acceptors (Lipinski definition) is 3. The third kappa shape index (κ3) is 2.98. The minimum atomic E-state index is -0.0428. The van der Waals surface area contributed by atoms with E-state index in [1.807, 2.05) is 13.0 Å². The van der Waals surface area contributed by atoms with Crippen molar-refractivity contribution in [1.29, 1.82) is 0 Å². The fourth-order valence-electron chi connectivity index (χ4n) is 4.07. The summed E-state index contributed by atoms with van der Waals surface area (Å²) in [6.45, 7) is 4.19. The fourth-order valence-corrected chi connectivity index (χ4v) is 4.07. The quantitative estimate of drug-likeness (QED) is 0.902. The largest absolute Gasteiger partial charge is 0.494 e. The number of anilines is 1. The first-order valence-corrected chi connectivity index (χ1v) is 8.33. The van der Waals surface area contributed by atoms with Crippen molar-refractivity contribution in [1.82, 2.24) is 0 Å². The van der Waals surface area contributed by atoms with Crippen LogP contribution in [0, 0.1) is 5.41 Å². The van der Waals surface area contributed by atoms with Gasteiger partial charge in [-0.05, 0) is 68.1 Å². The number of rotatable bonds is 3. The van der Waals surface area contributed by atoms with Gasteiger partial charge in [-0.1, -0.05) is 0 Å². The van der Waals surface area contributed by atoms with E-state index in [1.54, 1.807) is 0 Å². The van der Waals surface area contributed by atoms with Gasteiger partial charge in [0, 0.05) is 24.7 Å². The minimum Gasteiger partial charge on any atom is -0.494 e. The summed E-state index contributed by atoms with van der Waals surface area (Å²) < 4.78 is 5.85. The van der Waals surface area contributed by atoms with Crippen LogP contribution in [-0.4, -0.2) is 18.6 Å². The van der Waals surface area contributed by atoms with Crippen LogP contribution < -0.4 is 15.8 Å². The molecule has 2 aliphatic carbocycles. The zero-order valence-electron chi connectivity index (χ0n) is 13.6. The van der Waals surface area contributed by atoms with E-state index in [1.165, 1.54) is 30.9 Å². The van der Waals surface area contributed by atoms with Gasteiger partial charge in [-0.2, -0.15) is 0 Å². The predicted octanol–water partition coefficient (Wildman–Crippen LogP) is 3.03. The Balaban J connectivity index is 1.89. The summed E-state index contributed by atoms with van der Waals surface area (Å²) >= 11 is 0. The molecule has 3 N–H and O–H groups in total. The monoisotopic (exact) mass is 302 g/mol. The third-order valence-electron chi connectivity index (χ3n) is 5.13. The number of carbonyl (C=O) groups is 1. The average molecular weight is 302 g/mol. The molecule has 0 aromatic heterocycles. The van der Waals surface area contributed by atoms with Gasteiger partial charge in [-0.25, -0.2) is 0 Å². The van der Waals surface area contributed by atoms with Crippen LogP contribution in [0.15, 0.2) is 12.1 Å². The van der Waals surface area contributed by atoms with Crippen molar-refractivity contribution in [3.8, 4) is 5.75 Å². The summed E-state index contributed by atoms with van der Waals surface area (Å²) in [4.78, 5) is 11.3. The Bertz CT molecular complexity index is 575. The Kier molecular flexibility index (Phi) is 4.13. The Morgan fingerprint density at radius 1 is 1.36 bits per heavy atom. The average Bonchev–Trinajstić information content (AvgIpc) is 2.81. The molecule has 4 nitrogen and oxygen atoms in total. The van der Waals surface area contributed by atoms with E-state index in [-0.39, 0.29) is 5.91 Å². The topological polar surface area (TPSA) is 64.3 Å². The molecular weight excluding hydrogens is 276 g/mol. The van der Waals surface area contributed by atoms with Crippen molar-refractivity contribution in [3.05, 3.63) is 23.3 Å². The second-order valence-corrected chi connectivity index (χ2v) is 6.92. The summed E-state index contributed by atoms with van der Waals surface area (Å²) in [5.74, 6) is 0.897. The second-order valence-electron chi connectivity index (χ2n) is 6.92. The van der Waals surface area contributed by atoms with Crippen molar-refractivity contribution < 1.29 is 9.53 Å². The lowest BCUT2D eigenvalue weighted by atomic mass is 9.71. The highest BCUT2D eigenvalue weighted by atomic mass is 16.5. The first-order valence-electron chi connectivity index (χ1n) is 8.33. The molecule has 0 unspecified atom stereocenters. The van der Waals surface area contributed by atoms with Gasteiger partial charge in [0.05, 0.1) is 6.61 Å². The zero-order chi connectivity index (χ0) is 15.7. The Hall–Kier alpha value is -1.55. The molecule has 0 saturated heterocycles. The standard InChI is InChI=1S/C18H26N2O2/c1-3-22-17-9-15(20-12(2)21)8-13-10-18(11-16(13)17)6-4-14(19)5-7-18/h8-9,14H,3-7,10-11,19H2,1-2H3,(H,20,21). The lowest BCUT2D eigenvalue weighted by Gasteiger charge is -2.36. The molecule has 0 aliphatic heterocycles. The van der Waals surface area contributed by atoms with Crippen LogP contribution in [0.3, 0.4) is 0 Å². The molecule has 0 bridgehead atoms. The number of hydrogen-bond donors (Lipinski definition) is 2. The summed E-state index contributed by atoms with van der Waals surface area (Å²) in [5, 5.41) is 2.89. The Labute approximate surface area is 132 Å². The lowest BCUT2D eigenvalue weighted by Crippen LogP contribution is -2.34. The zero-order valence-corrected chi connectivity index (χ0v) is 13.6. The van der Waals surface area contributed by atoms with Gasteiger partial charge in [0.1, 0.15) is 5.75 Å². The van der Waals surface area contributed by atoms with Gasteiger partial charge < -0.3 is 15.8 Å². The molecule has 1 aromatic rings. The molecule has 1 aromatic carbocycles. The maximum Gasteiger partial charge on any atom is 0.221 e. The molecule has 1 saturated carbocycles. The van der Waals surface area contributed by atoms with Crippen LogP contribution in [-0.2, 0) is 17.6 Å². The molecule has 0 atom stereocenters. The smallest absolute Gasteiger partial charge is 0.221 e. The first-order chi connectivity index (χ1) is 10.5. The van der Waals surface area contributed by atoms with Crippen molar-refractivity contribution in [2.24, 2.45) is 11.1 Å². The number of fused-ring (bicyclic) bond motifs is 1. The van der Waals surface area contributed by atoms with E-state index in [2.05, 4.69) is 11.4 Å². The maximum atomic E-state index is 11.3. The molecule has 1 amide bonds. The summed E-state index contributed by atoms with van der Waals surface area (Å²) in [7, 11) is 0. The van der Waals surface area contributed by atoms with Gasteiger partial charge in [-0.15, -0.1) is 0 Å². The van der Waals surface area contributed by atoms with E-state index in [0.29, 0.717) is 18.1 Å². The summed E-state index contributed by atoms with van der Waals surface area (Å²) in [6, 6.07) is 4.47. The highest BCUT2D eigenvalue weighted by Crippen LogP contribution is 2.50. The summed E-state index contributed by atoms with van der Waals surface area (Å²) in [6.07, 6.45) is 6.81. The number of ether oxygens (including phenoxy) is 1. The van der Waals surface area contributed by atoms with Crippen LogP contribution in [0.1, 0.15) is 50.7 Å². The van der Waals surface area contributed by atoms with Gasteiger partial charge >= 0.3 is 0 Å². The molecular formula is C18H26N2O2. The van der Waals surface area contributed by atoms with Crippen molar-refractivity contribution in [2.45, 2.75) is 58.4 Å². The first kappa shape index (κ1) is 15.3. The van der Waals surface area contributed by atoms with Gasteiger partial charge in [0.15, 0.2) is 0 Å². The van der Waals surface area contributed by atoms with E-state index in [4.69, 9.17) is 10.5 Å². The van der Waals surface area contributed by atoms with E-state index in [9.17, 15) is 4.79 Å². The molecule has 120 valence electrons. The maximum absolute atomic E-state index is 11.3. The van der Waals surface area contributed by atoms with E-state index >= 15 is 0 Å². The number of benzene rings is 1. The van der Waals surface area contributed by atoms with Crippen LogP contribution in [0.2, 0.25) is 0 Å². The Morgan fingerprint density at radius 2 is 2.09 bits per heavy atom. The highest BCUT2D eigenvalue weighted by Gasteiger charge is 2.41. The number of amides is 1. The van der Waals surface area contributed by atoms with Crippen molar-refractivity contribution in [3.63, 3.8) is 0 Å². The highest BCUT2D eigenvalue weighted by molar-refractivity contribution is 5.89. The van der Waals surface area contributed by atoms with Gasteiger partial charge in [0.2, 0.25) is 5.91 Å². The lowest BCUT2D eigenvalue weighted by molar-refractivity contribution is -0.114. The van der Waals surface area contributed by atoms with Gasteiger partial charge in [-0.3, -0.25) is 4.79 Å². The van der Waals surface area contributed by atoms with E-state index < -0.39 is 0 Å². The SMILES string of the molecule is CCOc1cc(NC(C)=O)cc2c1CC1(CCC(N)CC1)C2. The van der Waals surface area contributed by atoms with Gasteiger partial charge in [0.25, 0.3) is 0 Å². The van der Waals surface area contributed by atoms with Crippen LogP contribution in [0.4, 0.5) is 5.69 Å². The molecule has 1 fully saturated rings. The van der Waals surface area contributed by atoms with Crippen LogP contribution in [0.25, 0.3) is 0 Å². The normalized spacial score (nSPS) is 26.8. The molecule has 3 rings (SSSR count). The fraction of sp³-hybridized carbons (Fsp3) is 0.611.